The third-order valence-corrected chi connectivity index (χ3v) is 4.81. The molecule has 0 saturated carbocycles. The van der Waals surface area contributed by atoms with Crippen molar-refractivity contribution in [2.45, 2.75) is 52.4 Å². The molecular weight excluding hydrogens is 368 g/mol. The maximum absolute atomic E-state index is 5.55. The number of nitrogens with two attached hydrogens (primary N) is 2. The van der Waals surface area contributed by atoms with Gasteiger partial charge in [0.1, 0.15) is 0 Å². The number of rotatable bonds is 0. The molecule has 0 amide bonds. The van der Waals surface area contributed by atoms with E-state index in [0.717, 1.165) is 15.2 Å². The summed E-state index contributed by atoms with van der Waals surface area (Å²) in [6.07, 6.45) is 0. The number of nitrogen functional groups attached to an aromatic ring is 2. The Hall–Kier alpha value is -0.660. The van der Waals surface area contributed by atoms with Gasteiger partial charge in [-0.2, -0.15) is 0 Å². The summed E-state index contributed by atoms with van der Waals surface area (Å²) >= 11 is 6.41. The minimum atomic E-state index is 0.0763. The van der Waals surface area contributed by atoms with Crippen LogP contribution in [0.4, 0.5) is 10.3 Å². The van der Waals surface area contributed by atoms with Crippen LogP contribution in [0, 0.1) is 0 Å². The van der Waals surface area contributed by atoms with Gasteiger partial charge >= 0.3 is 0 Å². The van der Waals surface area contributed by atoms with Gasteiger partial charge in [0.05, 0.1) is 15.2 Å². The second-order valence-electron chi connectivity index (χ2n) is 6.75. The van der Waals surface area contributed by atoms with E-state index in [4.69, 9.17) is 11.5 Å². The maximum Gasteiger partial charge on any atom is 0.181 e. The van der Waals surface area contributed by atoms with Gasteiger partial charge in [-0.15, -0.1) is 11.3 Å². The number of hydrogen-bond acceptors (Lipinski definition) is 6. The minimum Gasteiger partial charge on any atom is -0.375 e. The van der Waals surface area contributed by atoms with Gasteiger partial charge in [-0.05, 0) is 15.9 Å². The van der Waals surface area contributed by atoms with Crippen LogP contribution in [0.1, 0.15) is 52.9 Å². The summed E-state index contributed by atoms with van der Waals surface area (Å²) in [5.74, 6) is 0. The highest BCUT2D eigenvalue weighted by Gasteiger charge is 2.21. The summed E-state index contributed by atoms with van der Waals surface area (Å²) in [5.41, 5.74) is 13.4. The number of thiazole rings is 2. The predicted octanol–water partition coefficient (Wildman–Crippen LogP) is 4.81. The molecule has 4 nitrogen and oxygen atoms in total. The van der Waals surface area contributed by atoms with Crippen LogP contribution < -0.4 is 11.5 Å². The second kappa shape index (κ2) is 6.62. The van der Waals surface area contributed by atoms with Crippen molar-refractivity contribution in [1.29, 1.82) is 0 Å². The molecule has 0 bridgehead atoms. The summed E-state index contributed by atoms with van der Waals surface area (Å²) in [6, 6.07) is 0. The van der Waals surface area contributed by atoms with Crippen LogP contribution in [0.3, 0.4) is 0 Å². The molecule has 118 valence electrons. The van der Waals surface area contributed by atoms with E-state index in [9.17, 15) is 0 Å². The number of nitrogens with zero attached hydrogens (tertiary/aromatic N) is 2. The Morgan fingerprint density at radius 2 is 1.52 bits per heavy atom. The molecule has 2 rings (SSSR count). The highest BCUT2D eigenvalue weighted by molar-refractivity contribution is 9.11. The van der Waals surface area contributed by atoms with Crippen LogP contribution in [-0.4, -0.2) is 9.97 Å². The molecular formula is C14H23BrN4S2. The summed E-state index contributed by atoms with van der Waals surface area (Å²) in [5, 5.41) is 3.29. The molecule has 0 radical (unpaired) electrons. The van der Waals surface area contributed by atoms with Crippen molar-refractivity contribution in [2.24, 2.45) is 0 Å². The van der Waals surface area contributed by atoms with E-state index in [-0.39, 0.29) is 10.8 Å². The van der Waals surface area contributed by atoms with E-state index < -0.39 is 0 Å². The first kappa shape index (κ1) is 18.4. The first-order chi connectivity index (χ1) is 9.41. The van der Waals surface area contributed by atoms with Crippen molar-refractivity contribution in [3.8, 4) is 0 Å². The van der Waals surface area contributed by atoms with Gasteiger partial charge in [0.15, 0.2) is 10.3 Å². The molecule has 21 heavy (non-hydrogen) atoms. The van der Waals surface area contributed by atoms with Gasteiger partial charge in [0.2, 0.25) is 0 Å². The van der Waals surface area contributed by atoms with Crippen molar-refractivity contribution in [1.82, 2.24) is 9.97 Å². The Morgan fingerprint density at radius 3 is 1.71 bits per heavy atom. The fourth-order valence-electron chi connectivity index (χ4n) is 1.41. The summed E-state index contributed by atoms with van der Waals surface area (Å²) in [6.45, 7) is 12.7. The van der Waals surface area contributed by atoms with E-state index in [1.54, 1.807) is 0 Å². The van der Waals surface area contributed by atoms with Crippen molar-refractivity contribution in [2.75, 3.05) is 11.5 Å². The average Bonchev–Trinajstić information content (AvgIpc) is 2.84. The molecule has 2 heterocycles. The van der Waals surface area contributed by atoms with Gasteiger partial charge in [-0.25, -0.2) is 9.97 Å². The van der Waals surface area contributed by atoms with Gasteiger partial charge in [-0.1, -0.05) is 52.9 Å². The molecule has 0 aliphatic carbocycles. The summed E-state index contributed by atoms with van der Waals surface area (Å²) < 4.78 is 1.04. The lowest BCUT2D eigenvalue weighted by Crippen LogP contribution is -2.12. The summed E-state index contributed by atoms with van der Waals surface area (Å²) in [4.78, 5) is 8.41. The Balaban J connectivity index is 0.000000211. The Bertz CT molecular complexity index is 591. The molecule has 0 aromatic carbocycles. The SMILES string of the molecule is CC(C)(C)c1csc(N)n1.CC(C)(C)c1nc(N)sc1Br. The monoisotopic (exact) mass is 390 g/mol. The molecule has 0 aliphatic rings. The standard InChI is InChI=1S/C7H11BrN2S.C7H12N2S/c1-7(2,3)4-5(8)11-6(9)10-4;1-7(2,3)5-4-10-6(8)9-5/h1-3H3,(H2,9,10);4H,1-3H3,(H2,8,9). The summed E-state index contributed by atoms with van der Waals surface area (Å²) in [7, 11) is 0. The van der Waals surface area contributed by atoms with Crippen molar-refractivity contribution >= 4 is 48.9 Å². The molecule has 0 unspecified atom stereocenters. The van der Waals surface area contributed by atoms with Crippen LogP contribution in [0.5, 0.6) is 0 Å². The lowest BCUT2D eigenvalue weighted by atomic mass is 9.93. The van der Waals surface area contributed by atoms with Crippen molar-refractivity contribution in [3.63, 3.8) is 0 Å². The lowest BCUT2D eigenvalue weighted by molar-refractivity contribution is 0.571. The predicted molar refractivity (Wildman–Crippen MR) is 98.2 cm³/mol. The van der Waals surface area contributed by atoms with Crippen LogP contribution in [0.25, 0.3) is 0 Å². The molecule has 4 N–H and O–H groups in total. The van der Waals surface area contributed by atoms with Crippen LogP contribution >= 0.6 is 38.6 Å². The molecule has 0 atom stereocenters. The van der Waals surface area contributed by atoms with E-state index in [2.05, 4.69) is 67.4 Å². The largest absolute Gasteiger partial charge is 0.375 e. The molecule has 2 aromatic heterocycles. The van der Waals surface area contributed by atoms with Crippen LogP contribution in [0.2, 0.25) is 0 Å². The Kier molecular flexibility index (Phi) is 5.80. The minimum absolute atomic E-state index is 0.0763. The zero-order chi connectivity index (χ0) is 16.4. The van der Waals surface area contributed by atoms with Gasteiger partial charge in [0, 0.05) is 16.2 Å². The third-order valence-electron chi connectivity index (χ3n) is 2.60. The smallest absolute Gasteiger partial charge is 0.181 e. The zero-order valence-electron chi connectivity index (χ0n) is 13.3. The Labute approximate surface area is 143 Å². The van der Waals surface area contributed by atoms with Gasteiger partial charge < -0.3 is 11.5 Å². The second-order valence-corrected chi connectivity index (χ2v) is 9.98. The first-order valence-corrected chi connectivity index (χ1v) is 9.04. The van der Waals surface area contributed by atoms with E-state index in [0.29, 0.717) is 10.3 Å². The average molecular weight is 391 g/mol. The maximum atomic E-state index is 5.55. The zero-order valence-corrected chi connectivity index (χ0v) is 16.5. The van der Waals surface area contributed by atoms with Crippen molar-refractivity contribution in [3.05, 3.63) is 20.6 Å². The van der Waals surface area contributed by atoms with Crippen LogP contribution in [0.15, 0.2) is 9.17 Å². The fraction of sp³-hybridized carbons (Fsp3) is 0.571. The Morgan fingerprint density at radius 1 is 0.952 bits per heavy atom. The molecule has 7 heteroatoms. The third kappa shape index (κ3) is 5.56. The topological polar surface area (TPSA) is 77.8 Å². The highest BCUT2D eigenvalue weighted by atomic mass is 79.9. The van der Waals surface area contributed by atoms with Gasteiger partial charge in [0.25, 0.3) is 0 Å². The van der Waals surface area contributed by atoms with E-state index >= 15 is 0 Å². The lowest BCUT2D eigenvalue weighted by Gasteiger charge is -2.15. The highest BCUT2D eigenvalue weighted by Crippen LogP contribution is 2.34. The fourth-order valence-corrected chi connectivity index (χ4v) is 4.15. The van der Waals surface area contributed by atoms with Crippen LogP contribution in [-0.2, 0) is 10.8 Å². The van der Waals surface area contributed by atoms with E-state index in [1.165, 1.54) is 22.7 Å². The molecule has 0 saturated heterocycles. The molecule has 0 spiro atoms. The normalized spacial score (nSPS) is 12.0. The number of aromatic nitrogens is 2. The molecule has 2 aromatic rings. The van der Waals surface area contributed by atoms with E-state index in [1.807, 2.05) is 5.38 Å². The first-order valence-electron chi connectivity index (χ1n) is 6.55. The van der Waals surface area contributed by atoms with Gasteiger partial charge in [-0.3, -0.25) is 0 Å². The number of anilines is 2. The molecule has 0 aliphatic heterocycles. The van der Waals surface area contributed by atoms with Crippen molar-refractivity contribution < 1.29 is 0 Å². The number of halogens is 1. The molecule has 0 fully saturated rings. The number of hydrogen-bond donors (Lipinski definition) is 2. The quantitative estimate of drug-likeness (QED) is 0.676.